The molecule has 0 saturated carbocycles. The fraction of sp³-hybridized carbons (Fsp3) is 0.455. The van der Waals surface area contributed by atoms with E-state index in [-0.39, 0.29) is 18.3 Å². The van der Waals surface area contributed by atoms with Crippen LogP contribution in [0, 0.1) is 0 Å². The van der Waals surface area contributed by atoms with E-state index in [4.69, 9.17) is 14.0 Å². The average molecular weight is 352 g/mol. The summed E-state index contributed by atoms with van der Waals surface area (Å²) in [4.78, 5) is 0. The Labute approximate surface area is 157 Å². The second-order valence-electron chi connectivity index (χ2n) is 8.02. The van der Waals surface area contributed by atoms with Gasteiger partial charge in [-0.15, -0.1) is 0 Å². The van der Waals surface area contributed by atoms with Crippen molar-refractivity contribution in [2.24, 2.45) is 0 Å². The van der Waals surface area contributed by atoms with Crippen LogP contribution in [0.5, 0.6) is 5.75 Å². The van der Waals surface area contributed by atoms with Gasteiger partial charge in [-0.05, 0) is 62.8 Å². The summed E-state index contributed by atoms with van der Waals surface area (Å²) < 4.78 is 18.2. The SMILES string of the molecule is CCCc1ccc(OCc2cccc(B3OC(C)(C)C(C)(C)O3)c2)cc1. The van der Waals surface area contributed by atoms with E-state index in [1.807, 2.05) is 24.3 Å². The van der Waals surface area contributed by atoms with Gasteiger partial charge >= 0.3 is 7.12 Å². The minimum Gasteiger partial charge on any atom is -0.489 e. The number of rotatable bonds is 6. The van der Waals surface area contributed by atoms with Crippen LogP contribution in [0.25, 0.3) is 0 Å². The molecule has 1 aliphatic rings. The summed E-state index contributed by atoms with van der Waals surface area (Å²) in [6.45, 7) is 11.0. The molecule has 4 heteroatoms. The molecular weight excluding hydrogens is 323 g/mol. The highest BCUT2D eigenvalue weighted by Crippen LogP contribution is 2.36. The fourth-order valence-electron chi connectivity index (χ4n) is 3.02. The van der Waals surface area contributed by atoms with E-state index in [0.717, 1.165) is 29.6 Å². The van der Waals surface area contributed by atoms with Gasteiger partial charge in [0.1, 0.15) is 12.4 Å². The van der Waals surface area contributed by atoms with Gasteiger partial charge in [0.2, 0.25) is 0 Å². The molecular formula is C22H29BO3. The Morgan fingerprint density at radius 3 is 2.15 bits per heavy atom. The molecule has 3 nitrogen and oxygen atoms in total. The van der Waals surface area contributed by atoms with Crippen LogP contribution in [0.1, 0.15) is 52.2 Å². The Morgan fingerprint density at radius 1 is 0.885 bits per heavy atom. The van der Waals surface area contributed by atoms with Crippen molar-refractivity contribution in [3.05, 3.63) is 59.7 Å². The minimum atomic E-state index is -0.340. The second-order valence-corrected chi connectivity index (χ2v) is 8.02. The maximum Gasteiger partial charge on any atom is 0.494 e. The normalized spacial score (nSPS) is 18.1. The summed E-state index contributed by atoms with van der Waals surface area (Å²) >= 11 is 0. The van der Waals surface area contributed by atoms with E-state index >= 15 is 0 Å². The van der Waals surface area contributed by atoms with Crippen LogP contribution in [-0.2, 0) is 22.3 Å². The Kier molecular flexibility index (Phi) is 5.45. The van der Waals surface area contributed by atoms with E-state index < -0.39 is 0 Å². The molecule has 138 valence electrons. The summed E-state index contributed by atoms with van der Waals surface area (Å²) in [6.07, 6.45) is 2.27. The molecule has 1 aliphatic heterocycles. The Balaban J connectivity index is 1.65. The summed E-state index contributed by atoms with van der Waals surface area (Å²) in [7, 11) is -0.340. The molecule has 0 N–H and O–H groups in total. The maximum atomic E-state index is 6.14. The topological polar surface area (TPSA) is 27.7 Å². The van der Waals surface area contributed by atoms with Crippen molar-refractivity contribution in [1.29, 1.82) is 0 Å². The zero-order chi connectivity index (χ0) is 18.8. The summed E-state index contributed by atoms with van der Waals surface area (Å²) in [5, 5.41) is 0. The molecule has 3 rings (SSSR count). The standard InChI is InChI=1S/C22H29BO3/c1-6-8-17-11-13-20(14-12-17)24-16-18-9-7-10-19(15-18)23-25-21(2,3)22(4,5)26-23/h7,9-15H,6,8,16H2,1-5H3. The number of hydrogen-bond donors (Lipinski definition) is 0. The summed E-state index contributed by atoms with van der Waals surface area (Å²) in [5.74, 6) is 0.894. The first-order chi connectivity index (χ1) is 12.3. The predicted molar refractivity (Wildman–Crippen MR) is 107 cm³/mol. The minimum absolute atomic E-state index is 0.329. The van der Waals surface area contributed by atoms with Crippen molar-refractivity contribution in [1.82, 2.24) is 0 Å². The molecule has 0 unspecified atom stereocenters. The molecule has 0 atom stereocenters. The predicted octanol–water partition coefficient (Wildman–Crippen LogP) is 4.52. The van der Waals surface area contributed by atoms with Gasteiger partial charge in [0.15, 0.2) is 0 Å². The molecule has 0 amide bonds. The van der Waals surface area contributed by atoms with Crippen LogP contribution in [0.2, 0.25) is 0 Å². The Hall–Kier alpha value is -1.78. The van der Waals surface area contributed by atoms with Gasteiger partial charge in [-0.25, -0.2) is 0 Å². The van der Waals surface area contributed by atoms with Gasteiger partial charge in [-0.2, -0.15) is 0 Å². The van der Waals surface area contributed by atoms with Gasteiger partial charge in [0.05, 0.1) is 11.2 Å². The molecule has 26 heavy (non-hydrogen) atoms. The number of benzene rings is 2. The van der Waals surface area contributed by atoms with Crippen LogP contribution < -0.4 is 10.2 Å². The smallest absolute Gasteiger partial charge is 0.489 e. The van der Waals surface area contributed by atoms with Gasteiger partial charge < -0.3 is 14.0 Å². The van der Waals surface area contributed by atoms with Crippen molar-refractivity contribution in [3.8, 4) is 5.75 Å². The van der Waals surface area contributed by atoms with Crippen LogP contribution in [0.4, 0.5) is 0 Å². The molecule has 0 aromatic heterocycles. The third kappa shape index (κ3) is 4.13. The molecule has 1 heterocycles. The van der Waals surface area contributed by atoms with Crippen molar-refractivity contribution >= 4 is 12.6 Å². The van der Waals surface area contributed by atoms with E-state index in [1.54, 1.807) is 0 Å². The monoisotopic (exact) mass is 352 g/mol. The molecule has 1 fully saturated rings. The van der Waals surface area contributed by atoms with E-state index in [0.29, 0.717) is 6.61 Å². The maximum absolute atomic E-state index is 6.14. The third-order valence-electron chi connectivity index (χ3n) is 5.34. The van der Waals surface area contributed by atoms with E-state index in [9.17, 15) is 0 Å². The fourth-order valence-corrected chi connectivity index (χ4v) is 3.02. The van der Waals surface area contributed by atoms with Crippen molar-refractivity contribution < 1.29 is 14.0 Å². The lowest BCUT2D eigenvalue weighted by Gasteiger charge is -2.32. The number of ether oxygens (including phenoxy) is 1. The van der Waals surface area contributed by atoms with Crippen molar-refractivity contribution in [2.75, 3.05) is 0 Å². The molecule has 2 aromatic rings. The zero-order valence-electron chi connectivity index (χ0n) is 16.5. The lowest BCUT2D eigenvalue weighted by atomic mass is 9.78. The molecule has 2 aromatic carbocycles. The lowest BCUT2D eigenvalue weighted by molar-refractivity contribution is 0.00578. The number of aryl methyl sites for hydroxylation is 1. The zero-order valence-corrected chi connectivity index (χ0v) is 16.5. The second kappa shape index (κ2) is 7.46. The van der Waals surface area contributed by atoms with Gasteiger partial charge in [-0.1, -0.05) is 49.7 Å². The van der Waals surface area contributed by atoms with Crippen LogP contribution in [0.15, 0.2) is 48.5 Å². The van der Waals surface area contributed by atoms with E-state index in [1.165, 1.54) is 5.56 Å². The summed E-state index contributed by atoms with van der Waals surface area (Å²) in [5.41, 5.74) is 2.83. The Morgan fingerprint density at radius 2 is 1.54 bits per heavy atom. The largest absolute Gasteiger partial charge is 0.494 e. The van der Waals surface area contributed by atoms with E-state index in [2.05, 4.69) is 58.9 Å². The average Bonchev–Trinajstić information content (AvgIpc) is 2.83. The first-order valence-corrected chi connectivity index (χ1v) is 9.47. The molecule has 0 radical (unpaired) electrons. The van der Waals surface area contributed by atoms with Gasteiger partial charge in [0, 0.05) is 0 Å². The van der Waals surface area contributed by atoms with Crippen molar-refractivity contribution in [3.63, 3.8) is 0 Å². The van der Waals surface area contributed by atoms with Crippen molar-refractivity contribution in [2.45, 2.75) is 65.3 Å². The highest BCUT2D eigenvalue weighted by Gasteiger charge is 2.51. The van der Waals surface area contributed by atoms with Crippen LogP contribution in [-0.4, -0.2) is 18.3 Å². The molecule has 0 bridgehead atoms. The Bertz CT molecular complexity index is 721. The summed E-state index contributed by atoms with van der Waals surface area (Å²) in [6, 6.07) is 16.6. The highest BCUT2D eigenvalue weighted by molar-refractivity contribution is 6.62. The third-order valence-corrected chi connectivity index (χ3v) is 5.34. The highest BCUT2D eigenvalue weighted by atomic mass is 16.7. The first-order valence-electron chi connectivity index (χ1n) is 9.47. The first kappa shape index (κ1) is 19.0. The molecule has 0 aliphatic carbocycles. The molecule has 1 saturated heterocycles. The van der Waals surface area contributed by atoms with Gasteiger partial charge in [0.25, 0.3) is 0 Å². The lowest BCUT2D eigenvalue weighted by Crippen LogP contribution is -2.41. The quantitative estimate of drug-likeness (QED) is 0.716. The number of hydrogen-bond acceptors (Lipinski definition) is 3. The van der Waals surface area contributed by atoms with Crippen LogP contribution in [0.3, 0.4) is 0 Å². The van der Waals surface area contributed by atoms with Gasteiger partial charge in [-0.3, -0.25) is 0 Å². The van der Waals surface area contributed by atoms with Crippen LogP contribution >= 0.6 is 0 Å². The molecule has 0 spiro atoms.